The Kier molecular flexibility index (Phi) is 4.89. The van der Waals surface area contributed by atoms with Gasteiger partial charge in [0.25, 0.3) is 11.4 Å². The van der Waals surface area contributed by atoms with Crippen LogP contribution in [0.15, 0.2) is 68.7 Å². The van der Waals surface area contributed by atoms with Crippen molar-refractivity contribution in [3.05, 3.63) is 91.8 Å². The molecule has 0 bridgehead atoms. The monoisotopic (exact) mass is 492 g/mol. The number of fused-ring (bicyclic) bond motifs is 2. The van der Waals surface area contributed by atoms with E-state index in [0.717, 1.165) is 10.1 Å². The highest BCUT2D eigenvalue weighted by atomic mass is 35.5. The standard InChI is InChI=1S/C24H14ClFN4O5/c25-16-8-13(3-5-17(16)26)21-28-22(35-29-21)14-2-4-15-18(9-14)27-24(32)30(23(15)31)10-12-1-6-19-20(7-12)34-11-33-19/h1-9H,10-11H2,(H,27,32). The molecule has 0 spiro atoms. The van der Waals surface area contributed by atoms with Crippen LogP contribution in [0.1, 0.15) is 5.56 Å². The maximum atomic E-state index is 13.4. The summed E-state index contributed by atoms with van der Waals surface area (Å²) in [6.45, 7) is 0.201. The van der Waals surface area contributed by atoms with E-state index >= 15 is 0 Å². The molecule has 0 amide bonds. The fourth-order valence-electron chi connectivity index (χ4n) is 3.85. The molecule has 5 aromatic rings. The summed E-state index contributed by atoms with van der Waals surface area (Å²) in [5, 5.41) is 4.17. The molecule has 35 heavy (non-hydrogen) atoms. The van der Waals surface area contributed by atoms with Gasteiger partial charge in [0, 0.05) is 11.1 Å². The van der Waals surface area contributed by atoms with Crippen molar-refractivity contribution in [3.63, 3.8) is 0 Å². The Hall–Kier alpha value is -4.44. The van der Waals surface area contributed by atoms with Gasteiger partial charge in [-0.25, -0.2) is 9.18 Å². The predicted octanol–water partition coefficient (Wildman–Crippen LogP) is 3.98. The van der Waals surface area contributed by atoms with Crippen LogP contribution < -0.4 is 20.7 Å². The molecular formula is C24H14ClFN4O5. The number of halogens is 2. The van der Waals surface area contributed by atoms with Crippen LogP contribution in [0, 0.1) is 5.82 Å². The number of benzene rings is 3. The van der Waals surface area contributed by atoms with E-state index < -0.39 is 17.1 Å². The average molecular weight is 493 g/mol. The van der Waals surface area contributed by atoms with Crippen molar-refractivity contribution in [1.82, 2.24) is 19.7 Å². The molecule has 174 valence electrons. The molecule has 3 aromatic carbocycles. The molecule has 0 saturated heterocycles. The summed E-state index contributed by atoms with van der Waals surface area (Å²) in [6.07, 6.45) is 0. The topological polar surface area (TPSA) is 112 Å². The summed E-state index contributed by atoms with van der Waals surface area (Å²) in [5.41, 5.74) is 1.01. The van der Waals surface area contributed by atoms with Crippen LogP contribution in [0.4, 0.5) is 4.39 Å². The van der Waals surface area contributed by atoms with Gasteiger partial charge in [0.05, 0.1) is 22.5 Å². The number of rotatable bonds is 4. The van der Waals surface area contributed by atoms with E-state index in [1.54, 1.807) is 36.4 Å². The van der Waals surface area contributed by atoms with Crippen molar-refractivity contribution in [2.45, 2.75) is 6.54 Å². The Morgan fingerprint density at radius 2 is 1.83 bits per heavy atom. The van der Waals surface area contributed by atoms with Crippen LogP contribution in [0.5, 0.6) is 11.5 Å². The Labute approximate surface area is 200 Å². The first-order valence-electron chi connectivity index (χ1n) is 10.4. The SMILES string of the molecule is O=c1[nH]c2cc(-c3nc(-c4ccc(F)c(Cl)c4)no3)ccc2c(=O)n1Cc1ccc2c(c1)OCO2. The Morgan fingerprint density at radius 3 is 2.69 bits per heavy atom. The number of hydrogen-bond donors (Lipinski definition) is 1. The van der Waals surface area contributed by atoms with E-state index in [0.29, 0.717) is 33.5 Å². The van der Waals surface area contributed by atoms with E-state index in [4.69, 9.17) is 25.6 Å². The number of ether oxygens (including phenoxy) is 2. The van der Waals surface area contributed by atoms with Crippen LogP contribution >= 0.6 is 11.6 Å². The number of hydrogen-bond acceptors (Lipinski definition) is 7. The molecule has 0 unspecified atom stereocenters. The Bertz CT molecular complexity index is 1740. The van der Waals surface area contributed by atoms with Gasteiger partial charge in [0.15, 0.2) is 11.5 Å². The summed E-state index contributed by atoms with van der Waals surface area (Å²) in [7, 11) is 0. The van der Waals surface area contributed by atoms with Gasteiger partial charge in [-0.3, -0.25) is 9.36 Å². The zero-order valence-corrected chi connectivity index (χ0v) is 18.5. The lowest BCUT2D eigenvalue weighted by Crippen LogP contribution is -2.35. The van der Waals surface area contributed by atoms with Crippen molar-refractivity contribution in [1.29, 1.82) is 0 Å². The smallest absolute Gasteiger partial charge is 0.329 e. The van der Waals surface area contributed by atoms with Crippen molar-refractivity contribution in [2.75, 3.05) is 6.79 Å². The highest BCUT2D eigenvalue weighted by molar-refractivity contribution is 6.31. The highest BCUT2D eigenvalue weighted by Crippen LogP contribution is 2.32. The van der Waals surface area contributed by atoms with Gasteiger partial charge in [-0.05, 0) is 54.1 Å². The van der Waals surface area contributed by atoms with Gasteiger partial charge in [-0.2, -0.15) is 4.98 Å². The molecule has 0 radical (unpaired) electrons. The summed E-state index contributed by atoms with van der Waals surface area (Å²) in [5.74, 6) is 1.01. The minimum absolute atomic E-state index is 0.0610. The van der Waals surface area contributed by atoms with Crippen molar-refractivity contribution in [3.8, 4) is 34.3 Å². The number of nitrogens with zero attached hydrogens (tertiary/aromatic N) is 3. The van der Waals surface area contributed by atoms with Gasteiger partial charge in [0.2, 0.25) is 12.6 Å². The lowest BCUT2D eigenvalue weighted by molar-refractivity contribution is 0.174. The summed E-state index contributed by atoms with van der Waals surface area (Å²) in [6, 6.07) is 14.1. The fraction of sp³-hybridized carbons (Fsp3) is 0.0833. The second-order valence-corrected chi connectivity index (χ2v) is 8.23. The number of aromatic nitrogens is 4. The third kappa shape index (κ3) is 3.73. The maximum Gasteiger partial charge on any atom is 0.329 e. The van der Waals surface area contributed by atoms with Gasteiger partial charge in [-0.1, -0.05) is 22.8 Å². The van der Waals surface area contributed by atoms with Crippen LogP contribution in [0.3, 0.4) is 0 Å². The first-order chi connectivity index (χ1) is 17.0. The van der Waals surface area contributed by atoms with Gasteiger partial charge >= 0.3 is 5.69 Å². The van der Waals surface area contributed by atoms with Crippen molar-refractivity contribution < 1.29 is 18.4 Å². The summed E-state index contributed by atoms with van der Waals surface area (Å²) in [4.78, 5) is 32.9. The highest BCUT2D eigenvalue weighted by Gasteiger charge is 2.17. The van der Waals surface area contributed by atoms with E-state index in [9.17, 15) is 14.0 Å². The largest absolute Gasteiger partial charge is 0.454 e. The summed E-state index contributed by atoms with van der Waals surface area (Å²) >= 11 is 5.83. The van der Waals surface area contributed by atoms with E-state index in [-0.39, 0.29) is 30.1 Å². The molecule has 3 heterocycles. The first kappa shape index (κ1) is 21.1. The molecular weight excluding hydrogens is 479 g/mol. The molecule has 0 atom stereocenters. The number of nitrogens with one attached hydrogen (secondary N) is 1. The second kappa shape index (κ2) is 8.10. The van der Waals surface area contributed by atoms with Crippen LogP contribution in [0.25, 0.3) is 33.7 Å². The third-order valence-electron chi connectivity index (χ3n) is 5.61. The molecule has 1 N–H and O–H groups in total. The van der Waals surface area contributed by atoms with Gasteiger partial charge < -0.3 is 19.0 Å². The van der Waals surface area contributed by atoms with Crippen molar-refractivity contribution >= 4 is 22.5 Å². The van der Waals surface area contributed by atoms with Crippen LogP contribution in [0.2, 0.25) is 5.02 Å². The first-order valence-corrected chi connectivity index (χ1v) is 10.8. The lowest BCUT2D eigenvalue weighted by Gasteiger charge is -2.08. The minimum Gasteiger partial charge on any atom is -0.454 e. The molecule has 2 aromatic heterocycles. The summed E-state index contributed by atoms with van der Waals surface area (Å²) < 4.78 is 30.5. The maximum absolute atomic E-state index is 13.4. The lowest BCUT2D eigenvalue weighted by atomic mass is 10.1. The molecule has 9 nitrogen and oxygen atoms in total. The molecule has 0 fully saturated rings. The number of aromatic amines is 1. The molecule has 6 rings (SSSR count). The van der Waals surface area contributed by atoms with E-state index in [1.165, 1.54) is 18.2 Å². The predicted molar refractivity (Wildman–Crippen MR) is 124 cm³/mol. The molecule has 1 aliphatic rings. The fourth-order valence-corrected chi connectivity index (χ4v) is 4.03. The molecule has 1 aliphatic heterocycles. The van der Waals surface area contributed by atoms with Crippen LogP contribution in [-0.4, -0.2) is 26.5 Å². The molecule has 0 aliphatic carbocycles. The Balaban J connectivity index is 1.34. The van der Waals surface area contributed by atoms with Gasteiger partial charge in [0.1, 0.15) is 5.82 Å². The van der Waals surface area contributed by atoms with Gasteiger partial charge in [-0.15, -0.1) is 0 Å². The van der Waals surface area contributed by atoms with Crippen molar-refractivity contribution in [2.24, 2.45) is 0 Å². The molecule has 11 heteroatoms. The Morgan fingerprint density at radius 1 is 1.00 bits per heavy atom. The zero-order valence-electron chi connectivity index (χ0n) is 17.7. The van der Waals surface area contributed by atoms with E-state index in [2.05, 4.69) is 15.1 Å². The quantitative estimate of drug-likeness (QED) is 0.404. The minimum atomic E-state index is -0.565. The average Bonchev–Trinajstić information content (AvgIpc) is 3.53. The van der Waals surface area contributed by atoms with Crippen LogP contribution in [-0.2, 0) is 6.54 Å². The number of H-pyrrole nitrogens is 1. The third-order valence-corrected chi connectivity index (χ3v) is 5.90. The van der Waals surface area contributed by atoms with E-state index in [1.807, 2.05) is 0 Å². The second-order valence-electron chi connectivity index (χ2n) is 7.82. The molecule has 0 saturated carbocycles. The zero-order chi connectivity index (χ0) is 24.1. The normalized spacial score (nSPS) is 12.4.